The van der Waals surface area contributed by atoms with Gasteiger partial charge in [0.15, 0.2) is 0 Å². The van der Waals surface area contributed by atoms with Crippen molar-refractivity contribution in [1.29, 1.82) is 0 Å². The Hall–Kier alpha value is -1.58. The van der Waals surface area contributed by atoms with E-state index in [4.69, 9.17) is 0 Å². The summed E-state index contributed by atoms with van der Waals surface area (Å²) in [6.07, 6.45) is 3.11. The summed E-state index contributed by atoms with van der Waals surface area (Å²) in [6, 6.07) is 0. The molecule has 0 bridgehead atoms. The van der Waals surface area contributed by atoms with Crippen LogP contribution in [0.5, 0.6) is 0 Å². The van der Waals surface area contributed by atoms with Crippen molar-refractivity contribution in [2.45, 2.75) is 13.8 Å². The zero-order valence-corrected chi connectivity index (χ0v) is 6.97. The van der Waals surface area contributed by atoms with Gasteiger partial charge in [0.2, 0.25) is 0 Å². The summed E-state index contributed by atoms with van der Waals surface area (Å²) in [5.74, 6) is 0. The number of H-pyrrole nitrogens is 2. The minimum absolute atomic E-state index is 0.273. The van der Waals surface area contributed by atoms with Crippen LogP contribution in [0.15, 0.2) is 9.59 Å². The third kappa shape index (κ3) is 1.37. The minimum atomic E-state index is -0.273. The predicted octanol–water partition coefficient (Wildman–Crippen LogP) is -1.34. The second-order valence-electron chi connectivity index (χ2n) is 2.31. The molecule has 0 aliphatic rings. The van der Waals surface area contributed by atoms with Crippen LogP contribution in [0.1, 0.15) is 13.8 Å². The Morgan fingerprint density at radius 3 is 1.50 bits per heavy atom. The van der Waals surface area contributed by atoms with Crippen LogP contribution in [0.2, 0.25) is 0 Å². The highest BCUT2D eigenvalue weighted by molar-refractivity contribution is 5.15. The zero-order chi connectivity index (χ0) is 9.14. The molecule has 4 heteroatoms. The summed E-state index contributed by atoms with van der Waals surface area (Å²) >= 11 is 0. The summed E-state index contributed by atoms with van der Waals surface area (Å²) in [7, 11) is 0. The summed E-state index contributed by atoms with van der Waals surface area (Å²) in [4.78, 5) is 27.1. The van der Waals surface area contributed by atoms with E-state index in [1.165, 1.54) is 0 Å². The van der Waals surface area contributed by atoms with Crippen molar-refractivity contribution in [1.82, 2.24) is 9.97 Å². The quantitative estimate of drug-likeness (QED) is 0.501. The molecular weight excluding hydrogens is 156 g/mol. The van der Waals surface area contributed by atoms with Crippen molar-refractivity contribution in [3.05, 3.63) is 31.4 Å². The topological polar surface area (TPSA) is 65.7 Å². The molecule has 1 aromatic rings. The van der Waals surface area contributed by atoms with Gasteiger partial charge in [-0.15, -0.1) is 0 Å². The molecule has 0 aliphatic carbocycles. The van der Waals surface area contributed by atoms with Gasteiger partial charge in [-0.25, -0.2) is 0 Å². The van der Waals surface area contributed by atoms with E-state index in [1.54, 1.807) is 26.0 Å². The van der Waals surface area contributed by atoms with Crippen molar-refractivity contribution < 1.29 is 0 Å². The highest BCUT2D eigenvalue weighted by Gasteiger charge is 1.90. The van der Waals surface area contributed by atoms with Gasteiger partial charge in [0.25, 0.3) is 11.1 Å². The number of rotatable bonds is 0. The third-order valence-electron chi connectivity index (χ3n) is 1.56. The van der Waals surface area contributed by atoms with E-state index < -0.39 is 0 Å². The SMILES string of the molecule is C/C=c1\[nH]c(=O)/c(=C/C)[nH]c1=O. The second-order valence-corrected chi connectivity index (χ2v) is 2.31. The first-order chi connectivity index (χ1) is 5.69. The molecule has 0 saturated carbocycles. The zero-order valence-electron chi connectivity index (χ0n) is 6.97. The first-order valence-electron chi connectivity index (χ1n) is 3.64. The molecule has 0 amide bonds. The Kier molecular flexibility index (Phi) is 2.28. The Bertz CT molecular complexity index is 445. The van der Waals surface area contributed by atoms with Crippen LogP contribution >= 0.6 is 0 Å². The molecule has 12 heavy (non-hydrogen) atoms. The molecule has 0 fully saturated rings. The van der Waals surface area contributed by atoms with Gasteiger partial charge < -0.3 is 9.97 Å². The Balaban J connectivity index is 3.84. The fourth-order valence-electron chi connectivity index (χ4n) is 0.899. The highest BCUT2D eigenvalue weighted by Crippen LogP contribution is 1.50. The fourth-order valence-corrected chi connectivity index (χ4v) is 0.899. The average Bonchev–Trinajstić information content (AvgIpc) is 2.08. The third-order valence-corrected chi connectivity index (χ3v) is 1.56. The Morgan fingerprint density at radius 2 is 1.25 bits per heavy atom. The van der Waals surface area contributed by atoms with Crippen molar-refractivity contribution >= 4 is 12.2 Å². The molecule has 0 atom stereocenters. The van der Waals surface area contributed by atoms with Gasteiger partial charge >= 0.3 is 0 Å². The van der Waals surface area contributed by atoms with Gasteiger partial charge in [0.05, 0.1) is 0 Å². The standard InChI is InChI=1S/C8H10N2O2/c1-3-5-7(11)10-6(4-2)8(12)9-5/h3-4H,1-2H3,(H,9,12)(H,10,11)/b5-3-,6-4-. The lowest BCUT2D eigenvalue weighted by Crippen LogP contribution is -2.46. The number of hydrogen-bond acceptors (Lipinski definition) is 2. The molecule has 0 saturated heterocycles. The molecule has 0 aliphatic heterocycles. The maximum absolute atomic E-state index is 11.1. The first kappa shape index (κ1) is 8.52. The molecule has 1 aromatic heterocycles. The van der Waals surface area contributed by atoms with Gasteiger partial charge in [-0.3, -0.25) is 9.59 Å². The van der Waals surface area contributed by atoms with Crippen LogP contribution in [0.3, 0.4) is 0 Å². The minimum Gasteiger partial charge on any atom is -0.316 e. The molecule has 1 heterocycles. The van der Waals surface area contributed by atoms with Gasteiger partial charge in [-0.05, 0) is 13.8 Å². The smallest absolute Gasteiger partial charge is 0.271 e. The van der Waals surface area contributed by atoms with Crippen LogP contribution in [0.25, 0.3) is 12.2 Å². The predicted molar refractivity (Wildman–Crippen MR) is 47.2 cm³/mol. The molecule has 0 radical (unpaired) electrons. The van der Waals surface area contributed by atoms with E-state index in [0.717, 1.165) is 0 Å². The van der Waals surface area contributed by atoms with Gasteiger partial charge in [0.1, 0.15) is 10.7 Å². The molecule has 1 rings (SSSR count). The summed E-state index contributed by atoms with van der Waals surface area (Å²) in [5, 5.41) is 0.594. The largest absolute Gasteiger partial charge is 0.316 e. The maximum Gasteiger partial charge on any atom is 0.271 e. The molecule has 2 N–H and O–H groups in total. The lowest BCUT2D eigenvalue weighted by molar-refractivity contribution is 1.000. The number of aromatic amines is 2. The number of aromatic nitrogens is 2. The molecule has 64 valence electrons. The first-order valence-corrected chi connectivity index (χ1v) is 3.64. The molecule has 0 unspecified atom stereocenters. The van der Waals surface area contributed by atoms with Gasteiger partial charge in [-0.2, -0.15) is 0 Å². The average molecular weight is 166 g/mol. The normalized spacial score (nSPS) is 13.8. The van der Waals surface area contributed by atoms with Crippen molar-refractivity contribution in [2.24, 2.45) is 0 Å². The van der Waals surface area contributed by atoms with E-state index in [9.17, 15) is 9.59 Å². The molecule has 0 spiro atoms. The van der Waals surface area contributed by atoms with E-state index in [1.807, 2.05) is 0 Å². The van der Waals surface area contributed by atoms with Crippen LogP contribution in [0, 0.1) is 0 Å². The van der Waals surface area contributed by atoms with E-state index >= 15 is 0 Å². The number of hydrogen-bond donors (Lipinski definition) is 2. The van der Waals surface area contributed by atoms with Crippen LogP contribution < -0.4 is 21.8 Å². The lowest BCUT2D eigenvalue weighted by Gasteiger charge is -1.86. The van der Waals surface area contributed by atoms with Crippen LogP contribution in [-0.2, 0) is 0 Å². The molecule has 0 aromatic carbocycles. The second kappa shape index (κ2) is 3.21. The summed E-state index contributed by atoms with van der Waals surface area (Å²) < 4.78 is 0. The summed E-state index contributed by atoms with van der Waals surface area (Å²) in [6.45, 7) is 3.38. The highest BCUT2D eigenvalue weighted by atomic mass is 16.1. The summed E-state index contributed by atoms with van der Waals surface area (Å²) in [5.41, 5.74) is -0.546. The van der Waals surface area contributed by atoms with Crippen LogP contribution in [-0.4, -0.2) is 9.97 Å². The van der Waals surface area contributed by atoms with E-state index in [0.29, 0.717) is 10.7 Å². The van der Waals surface area contributed by atoms with Gasteiger partial charge in [0, 0.05) is 0 Å². The monoisotopic (exact) mass is 166 g/mol. The van der Waals surface area contributed by atoms with E-state index in [-0.39, 0.29) is 11.1 Å². The van der Waals surface area contributed by atoms with Crippen molar-refractivity contribution in [2.75, 3.05) is 0 Å². The Morgan fingerprint density at radius 1 is 0.917 bits per heavy atom. The van der Waals surface area contributed by atoms with Gasteiger partial charge in [-0.1, -0.05) is 12.2 Å². The van der Waals surface area contributed by atoms with Crippen molar-refractivity contribution in [3.8, 4) is 0 Å². The maximum atomic E-state index is 11.1. The van der Waals surface area contributed by atoms with Crippen LogP contribution in [0.4, 0.5) is 0 Å². The fraction of sp³-hybridized carbons (Fsp3) is 0.250. The number of nitrogens with one attached hydrogen (secondary N) is 2. The Labute approximate surface area is 68.3 Å². The molecular formula is C8H10N2O2. The lowest BCUT2D eigenvalue weighted by atomic mass is 10.5. The van der Waals surface area contributed by atoms with E-state index in [2.05, 4.69) is 9.97 Å². The van der Waals surface area contributed by atoms with Crippen molar-refractivity contribution in [3.63, 3.8) is 0 Å². The molecule has 4 nitrogen and oxygen atoms in total.